The van der Waals surface area contributed by atoms with Gasteiger partial charge in [-0.25, -0.2) is 0 Å². The summed E-state index contributed by atoms with van der Waals surface area (Å²) >= 11 is 0. The molecule has 0 spiro atoms. The third-order valence-corrected chi connectivity index (χ3v) is 4.32. The van der Waals surface area contributed by atoms with Crippen molar-refractivity contribution in [3.63, 3.8) is 0 Å². The monoisotopic (exact) mass is 375 g/mol. The molecule has 0 fully saturated rings. The molecule has 3 aromatic carbocycles. The third-order valence-electron chi connectivity index (χ3n) is 4.32. The van der Waals surface area contributed by atoms with Gasteiger partial charge in [-0.05, 0) is 49.2 Å². The highest BCUT2D eigenvalue weighted by Crippen LogP contribution is 2.22. The molecule has 0 aliphatic rings. The molecule has 0 saturated carbocycles. The van der Waals surface area contributed by atoms with E-state index in [1.807, 2.05) is 55.5 Å². The van der Waals surface area contributed by atoms with E-state index < -0.39 is 0 Å². The fourth-order valence-corrected chi connectivity index (χ4v) is 2.68. The first-order chi connectivity index (χ1) is 13.6. The van der Waals surface area contributed by atoms with Gasteiger partial charge in [-0.1, -0.05) is 59.7 Å². The molecule has 0 radical (unpaired) electrons. The zero-order valence-electron chi connectivity index (χ0n) is 16.3. The third kappa shape index (κ3) is 5.88. The highest BCUT2D eigenvalue weighted by atomic mass is 16.5. The van der Waals surface area contributed by atoms with E-state index in [-0.39, 0.29) is 12.5 Å². The molecule has 28 heavy (non-hydrogen) atoms. The summed E-state index contributed by atoms with van der Waals surface area (Å²) in [6.07, 6.45) is 0. The molecule has 0 atom stereocenters. The van der Waals surface area contributed by atoms with Crippen molar-refractivity contribution in [1.29, 1.82) is 0 Å². The topological polar surface area (TPSA) is 47.6 Å². The summed E-state index contributed by atoms with van der Waals surface area (Å²) < 4.78 is 11.1. The summed E-state index contributed by atoms with van der Waals surface area (Å²) in [4.78, 5) is 11.9. The van der Waals surface area contributed by atoms with E-state index in [9.17, 15) is 4.79 Å². The van der Waals surface area contributed by atoms with E-state index in [2.05, 4.69) is 36.5 Å². The number of nitrogens with one attached hydrogen (secondary N) is 1. The van der Waals surface area contributed by atoms with E-state index >= 15 is 0 Å². The van der Waals surface area contributed by atoms with Gasteiger partial charge in [0, 0.05) is 0 Å². The van der Waals surface area contributed by atoms with Crippen LogP contribution in [0.5, 0.6) is 11.5 Å². The van der Waals surface area contributed by atoms with E-state index in [1.165, 1.54) is 11.1 Å². The molecular weight excluding hydrogens is 350 g/mol. The van der Waals surface area contributed by atoms with Gasteiger partial charge in [0.15, 0.2) is 6.61 Å². The minimum atomic E-state index is -0.171. The first-order valence-electron chi connectivity index (χ1n) is 9.36. The van der Waals surface area contributed by atoms with Crippen LogP contribution in [0, 0.1) is 13.8 Å². The normalized spacial score (nSPS) is 10.4. The number of amides is 1. The van der Waals surface area contributed by atoms with Crippen molar-refractivity contribution in [2.24, 2.45) is 0 Å². The quantitative estimate of drug-likeness (QED) is 0.588. The van der Waals surface area contributed by atoms with Crippen molar-refractivity contribution in [2.45, 2.75) is 13.8 Å². The highest BCUT2D eigenvalue weighted by Gasteiger charge is 2.04. The smallest absolute Gasteiger partial charge is 0.258 e. The van der Waals surface area contributed by atoms with Crippen molar-refractivity contribution < 1.29 is 14.3 Å². The van der Waals surface area contributed by atoms with Gasteiger partial charge in [0.25, 0.3) is 5.91 Å². The average Bonchev–Trinajstić information content (AvgIpc) is 2.72. The van der Waals surface area contributed by atoms with Gasteiger partial charge in [0.05, 0.1) is 6.54 Å². The Balaban J connectivity index is 1.38. The fourth-order valence-electron chi connectivity index (χ4n) is 2.68. The molecule has 3 rings (SSSR count). The van der Waals surface area contributed by atoms with E-state index in [1.54, 1.807) is 0 Å². The lowest BCUT2D eigenvalue weighted by Crippen LogP contribution is -2.32. The first-order valence-corrected chi connectivity index (χ1v) is 9.36. The molecule has 0 heterocycles. The molecule has 4 heteroatoms. The number of hydrogen-bond acceptors (Lipinski definition) is 3. The Bertz CT molecular complexity index is 885. The Morgan fingerprint density at radius 1 is 0.714 bits per heavy atom. The lowest BCUT2D eigenvalue weighted by atomic mass is 10.0. The van der Waals surface area contributed by atoms with Crippen LogP contribution in [0.4, 0.5) is 0 Å². The van der Waals surface area contributed by atoms with Gasteiger partial charge in [-0.2, -0.15) is 0 Å². The lowest BCUT2D eigenvalue weighted by Gasteiger charge is -2.10. The number of benzene rings is 3. The van der Waals surface area contributed by atoms with E-state index in [0.29, 0.717) is 18.9 Å². The van der Waals surface area contributed by atoms with Crippen LogP contribution in [-0.2, 0) is 4.79 Å². The second-order valence-electron chi connectivity index (χ2n) is 6.69. The summed E-state index contributed by atoms with van der Waals surface area (Å²) in [6.45, 7) is 4.93. The van der Waals surface area contributed by atoms with Gasteiger partial charge >= 0.3 is 0 Å². The number of carbonyl (C=O) groups excluding carboxylic acids is 1. The van der Waals surface area contributed by atoms with Gasteiger partial charge < -0.3 is 14.8 Å². The van der Waals surface area contributed by atoms with Gasteiger partial charge in [-0.15, -0.1) is 0 Å². The first kappa shape index (κ1) is 19.5. The van der Waals surface area contributed by atoms with Crippen molar-refractivity contribution in [1.82, 2.24) is 5.32 Å². The van der Waals surface area contributed by atoms with Gasteiger partial charge in [0.1, 0.15) is 18.1 Å². The fraction of sp³-hybridized carbons (Fsp3) is 0.208. The Hall–Kier alpha value is -3.27. The van der Waals surface area contributed by atoms with E-state index in [0.717, 1.165) is 16.9 Å². The van der Waals surface area contributed by atoms with Crippen LogP contribution in [0.2, 0.25) is 0 Å². The van der Waals surface area contributed by atoms with Crippen LogP contribution in [0.25, 0.3) is 11.1 Å². The molecule has 0 aromatic heterocycles. The van der Waals surface area contributed by atoms with Crippen molar-refractivity contribution in [3.8, 4) is 22.6 Å². The molecule has 3 aromatic rings. The highest BCUT2D eigenvalue weighted by molar-refractivity contribution is 5.77. The van der Waals surface area contributed by atoms with Crippen LogP contribution in [0.3, 0.4) is 0 Å². The number of rotatable bonds is 8. The lowest BCUT2D eigenvalue weighted by molar-refractivity contribution is -0.123. The molecule has 0 saturated heterocycles. The number of carbonyl (C=O) groups is 1. The zero-order valence-corrected chi connectivity index (χ0v) is 16.3. The molecular formula is C24H25NO3. The van der Waals surface area contributed by atoms with Gasteiger partial charge in [-0.3, -0.25) is 4.79 Å². The largest absolute Gasteiger partial charge is 0.492 e. The Labute approximate surface area is 166 Å². The minimum Gasteiger partial charge on any atom is -0.492 e. The summed E-state index contributed by atoms with van der Waals surface area (Å²) in [5.74, 6) is 1.29. The Kier molecular flexibility index (Phi) is 6.68. The predicted molar refractivity (Wildman–Crippen MR) is 112 cm³/mol. The van der Waals surface area contributed by atoms with Crippen molar-refractivity contribution in [2.75, 3.05) is 19.8 Å². The van der Waals surface area contributed by atoms with Crippen LogP contribution >= 0.6 is 0 Å². The molecule has 1 N–H and O–H groups in total. The molecule has 0 bridgehead atoms. The summed E-state index contributed by atoms with van der Waals surface area (Å²) in [5, 5.41) is 2.79. The van der Waals surface area contributed by atoms with Crippen molar-refractivity contribution >= 4 is 5.91 Å². The second-order valence-corrected chi connectivity index (χ2v) is 6.69. The summed E-state index contributed by atoms with van der Waals surface area (Å²) in [6, 6.07) is 23.9. The number of hydrogen-bond donors (Lipinski definition) is 1. The van der Waals surface area contributed by atoms with E-state index in [4.69, 9.17) is 9.47 Å². The molecule has 0 unspecified atom stereocenters. The molecule has 1 amide bonds. The number of aryl methyl sites for hydroxylation is 2. The SMILES string of the molecule is Cc1ccc(OCCNC(=O)COc2ccc(-c3ccc(C)cc3)cc2)cc1. The molecule has 144 valence electrons. The predicted octanol–water partition coefficient (Wildman–Crippen LogP) is 4.54. The maximum atomic E-state index is 11.9. The van der Waals surface area contributed by atoms with Crippen LogP contribution in [0.15, 0.2) is 72.8 Å². The van der Waals surface area contributed by atoms with Crippen LogP contribution in [-0.4, -0.2) is 25.7 Å². The molecule has 0 aliphatic carbocycles. The maximum Gasteiger partial charge on any atom is 0.258 e. The van der Waals surface area contributed by atoms with Crippen LogP contribution < -0.4 is 14.8 Å². The van der Waals surface area contributed by atoms with Gasteiger partial charge in [0.2, 0.25) is 0 Å². The maximum absolute atomic E-state index is 11.9. The van der Waals surface area contributed by atoms with Crippen LogP contribution in [0.1, 0.15) is 11.1 Å². The number of ether oxygens (including phenoxy) is 2. The summed E-state index contributed by atoms with van der Waals surface area (Å²) in [5.41, 5.74) is 4.69. The standard InChI is InChI=1S/C24H25NO3/c1-18-3-7-20(8-4-18)21-9-13-23(14-10-21)28-17-24(26)25-15-16-27-22-11-5-19(2)6-12-22/h3-14H,15-17H2,1-2H3,(H,25,26). The average molecular weight is 375 g/mol. The Morgan fingerprint density at radius 3 is 1.79 bits per heavy atom. The molecule has 0 aliphatic heterocycles. The summed E-state index contributed by atoms with van der Waals surface area (Å²) in [7, 11) is 0. The Morgan fingerprint density at radius 2 is 1.18 bits per heavy atom. The second kappa shape index (κ2) is 9.60. The minimum absolute atomic E-state index is 0.0194. The van der Waals surface area contributed by atoms with Crippen molar-refractivity contribution in [3.05, 3.63) is 83.9 Å². The zero-order chi connectivity index (χ0) is 19.8. The molecule has 4 nitrogen and oxygen atoms in total.